The minimum Gasteiger partial charge on any atom is -0.497 e. The zero-order valence-corrected chi connectivity index (χ0v) is 20.2. The van der Waals surface area contributed by atoms with E-state index in [9.17, 15) is 4.79 Å². The number of benzene rings is 2. The Morgan fingerprint density at radius 3 is 2.72 bits per heavy atom. The maximum absolute atomic E-state index is 13.8. The molecule has 0 radical (unpaired) electrons. The molecule has 0 fully saturated rings. The van der Waals surface area contributed by atoms with Gasteiger partial charge < -0.3 is 9.64 Å². The van der Waals surface area contributed by atoms with Gasteiger partial charge in [-0.05, 0) is 54.9 Å². The predicted octanol–water partition coefficient (Wildman–Crippen LogP) is 5.39. The predicted molar refractivity (Wildman–Crippen MR) is 133 cm³/mol. The van der Waals surface area contributed by atoms with Crippen molar-refractivity contribution in [2.75, 3.05) is 20.7 Å². The van der Waals surface area contributed by atoms with Crippen LogP contribution in [0.4, 0.5) is 0 Å². The van der Waals surface area contributed by atoms with E-state index in [1.165, 1.54) is 16.6 Å². The minimum atomic E-state index is -0.0103. The van der Waals surface area contributed by atoms with Crippen molar-refractivity contribution < 1.29 is 4.74 Å². The van der Waals surface area contributed by atoms with Crippen LogP contribution in [-0.4, -0.2) is 35.2 Å². The molecule has 32 heavy (non-hydrogen) atoms. The van der Waals surface area contributed by atoms with Gasteiger partial charge in [-0.15, -0.1) is 11.3 Å². The number of hydrogen-bond donors (Lipinski definition) is 0. The Morgan fingerprint density at radius 1 is 1.19 bits per heavy atom. The number of rotatable bonds is 5. The van der Waals surface area contributed by atoms with E-state index >= 15 is 0 Å². The molecular weight excluding hydrogens is 462 g/mol. The highest BCUT2D eigenvalue weighted by Crippen LogP contribution is 2.35. The Balaban J connectivity index is 1.66. The number of hydrogen-bond acceptors (Lipinski definition) is 6. The molecule has 2 aromatic heterocycles. The fourth-order valence-corrected chi connectivity index (χ4v) is 6.60. The zero-order valence-electron chi connectivity index (χ0n) is 17.8. The van der Waals surface area contributed by atoms with Crippen molar-refractivity contribution in [1.29, 1.82) is 0 Å². The molecule has 4 aromatic rings. The molecule has 0 atom stereocenters. The van der Waals surface area contributed by atoms with E-state index in [1.807, 2.05) is 48.5 Å². The highest BCUT2D eigenvalue weighted by Gasteiger charge is 2.24. The lowest BCUT2D eigenvalue weighted by molar-refractivity contribution is 0.318. The number of aromatic nitrogens is 2. The third-order valence-electron chi connectivity index (χ3n) is 5.68. The van der Waals surface area contributed by atoms with Crippen LogP contribution in [0.5, 0.6) is 5.75 Å². The van der Waals surface area contributed by atoms with Crippen molar-refractivity contribution in [2.24, 2.45) is 0 Å². The molecule has 0 unspecified atom stereocenters. The van der Waals surface area contributed by atoms with Crippen LogP contribution < -0.4 is 10.3 Å². The molecule has 164 valence electrons. The molecule has 5 nitrogen and oxygen atoms in total. The lowest BCUT2D eigenvalue weighted by atomic mass is 10.1. The van der Waals surface area contributed by atoms with E-state index in [4.69, 9.17) is 21.3 Å². The van der Waals surface area contributed by atoms with Crippen LogP contribution >= 0.6 is 34.7 Å². The van der Waals surface area contributed by atoms with Crippen molar-refractivity contribution in [3.63, 3.8) is 0 Å². The number of methoxy groups -OCH3 is 1. The third-order valence-corrected chi connectivity index (χ3v) is 8.15. The molecule has 8 heteroatoms. The number of halogens is 1. The van der Waals surface area contributed by atoms with Crippen LogP contribution in [0.3, 0.4) is 0 Å². The summed E-state index contributed by atoms with van der Waals surface area (Å²) >= 11 is 9.54. The number of fused-ring (bicyclic) bond motifs is 3. The highest BCUT2D eigenvalue weighted by molar-refractivity contribution is 7.98. The summed E-state index contributed by atoms with van der Waals surface area (Å²) < 4.78 is 7.03. The van der Waals surface area contributed by atoms with Gasteiger partial charge in [0.25, 0.3) is 5.56 Å². The van der Waals surface area contributed by atoms with E-state index in [0.717, 1.165) is 52.3 Å². The molecule has 0 amide bonds. The first-order valence-electron chi connectivity index (χ1n) is 10.3. The Morgan fingerprint density at radius 2 is 1.97 bits per heavy atom. The molecule has 3 heterocycles. The number of ether oxygens (including phenoxy) is 1. The van der Waals surface area contributed by atoms with Crippen LogP contribution in [0.1, 0.15) is 16.0 Å². The summed E-state index contributed by atoms with van der Waals surface area (Å²) in [7, 11) is 3.75. The lowest BCUT2D eigenvalue weighted by Crippen LogP contribution is -2.27. The average molecular weight is 484 g/mol. The van der Waals surface area contributed by atoms with E-state index in [0.29, 0.717) is 15.9 Å². The summed E-state index contributed by atoms with van der Waals surface area (Å²) in [6.07, 6.45) is 0.872. The summed E-state index contributed by atoms with van der Waals surface area (Å²) in [6, 6.07) is 15.3. The van der Waals surface area contributed by atoms with Crippen molar-refractivity contribution >= 4 is 44.9 Å². The van der Waals surface area contributed by atoms with Gasteiger partial charge in [-0.3, -0.25) is 9.36 Å². The topological polar surface area (TPSA) is 47.4 Å². The van der Waals surface area contributed by atoms with Gasteiger partial charge >= 0.3 is 0 Å². The average Bonchev–Trinajstić information content (AvgIpc) is 3.16. The number of likely N-dealkylation sites (N-methyl/N-ethyl adjacent to an activating group) is 1. The second kappa shape index (κ2) is 8.90. The van der Waals surface area contributed by atoms with Gasteiger partial charge in [-0.2, -0.15) is 0 Å². The SMILES string of the molecule is COc1ccc(-n2c(SCc3ccccc3Cl)nc3sc4c(c3c2=O)CCN(C)C4)cc1. The van der Waals surface area contributed by atoms with Crippen LogP contribution in [-0.2, 0) is 18.7 Å². The van der Waals surface area contributed by atoms with Crippen LogP contribution in [0, 0.1) is 0 Å². The van der Waals surface area contributed by atoms with Crippen molar-refractivity contribution in [3.8, 4) is 11.4 Å². The Kier molecular flexibility index (Phi) is 5.99. The van der Waals surface area contributed by atoms with Gasteiger partial charge in [-0.25, -0.2) is 4.98 Å². The summed E-state index contributed by atoms with van der Waals surface area (Å²) in [5, 5.41) is 2.14. The molecule has 2 aromatic carbocycles. The summed E-state index contributed by atoms with van der Waals surface area (Å²) in [6.45, 7) is 1.81. The zero-order chi connectivity index (χ0) is 22.2. The van der Waals surface area contributed by atoms with Gasteiger partial charge in [-0.1, -0.05) is 41.6 Å². The monoisotopic (exact) mass is 483 g/mol. The lowest BCUT2D eigenvalue weighted by Gasteiger charge is -2.21. The third kappa shape index (κ3) is 3.94. The first-order valence-corrected chi connectivity index (χ1v) is 12.5. The van der Waals surface area contributed by atoms with Crippen LogP contribution in [0.25, 0.3) is 15.9 Å². The minimum absolute atomic E-state index is 0.0103. The van der Waals surface area contributed by atoms with Gasteiger partial charge in [0, 0.05) is 28.7 Å². The Hall–Kier alpha value is -2.32. The molecule has 0 saturated heterocycles. The fraction of sp³-hybridized carbons (Fsp3) is 0.250. The van der Waals surface area contributed by atoms with Gasteiger partial charge in [0.2, 0.25) is 0 Å². The summed E-state index contributed by atoms with van der Waals surface area (Å²) in [5.41, 5.74) is 2.94. The largest absolute Gasteiger partial charge is 0.497 e. The highest BCUT2D eigenvalue weighted by atomic mass is 35.5. The molecule has 0 aliphatic carbocycles. The van der Waals surface area contributed by atoms with Crippen molar-refractivity contribution in [2.45, 2.75) is 23.9 Å². The van der Waals surface area contributed by atoms with Crippen molar-refractivity contribution in [1.82, 2.24) is 14.5 Å². The van der Waals surface area contributed by atoms with E-state index in [2.05, 4.69) is 11.9 Å². The van der Waals surface area contributed by atoms with Crippen LogP contribution in [0.2, 0.25) is 5.02 Å². The summed E-state index contributed by atoms with van der Waals surface area (Å²) in [4.78, 5) is 23.2. The van der Waals surface area contributed by atoms with Gasteiger partial charge in [0.15, 0.2) is 5.16 Å². The van der Waals surface area contributed by atoms with Gasteiger partial charge in [0.1, 0.15) is 10.6 Å². The fourth-order valence-electron chi connectivity index (χ4n) is 3.97. The van der Waals surface area contributed by atoms with E-state index < -0.39 is 0 Å². The van der Waals surface area contributed by atoms with Gasteiger partial charge in [0.05, 0.1) is 18.2 Å². The molecular formula is C24H22ClN3O2S2. The maximum Gasteiger partial charge on any atom is 0.267 e. The second-order valence-electron chi connectivity index (χ2n) is 7.78. The molecule has 0 spiro atoms. The molecule has 1 aliphatic heterocycles. The van der Waals surface area contributed by atoms with E-state index in [-0.39, 0.29) is 5.56 Å². The Labute approximate surface area is 199 Å². The number of thioether (sulfide) groups is 1. The van der Waals surface area contributed by atoms with Crippen LogP contribution in [0.15, 0.2) is 58.5 Å². The number of nitrogens with zero attached hydrogens (tertiary/aromatic N) is 3. The molecule has 0 saturated carbocycles. The second-order valence-corrected chi connectivity index (χ2v) is 10.2. The van der Waals surface area contributed by atoms with E-state index in [1.54, 1.807) is 23.0 Å². The standard InChI is InChI=1S/C24H22ClN3O2S2/c1-27-12-11-18-20(13-27)32-22-21(18)23(29)28(16-7-9-17(30-2)10-8-16)24(26-22)31-14-15-5-3-4-6-19(15)25/h3-10H,11-14H2,1-2H3. The van der Waals surface area contributed by atoms with Crippen molar-refractivity contribution in [3.05, 3.63) is 79.9 Å². The molecule has 0 bridgehead atoms. The normalized spacial score (nSPS) is 14.0. The summed E-state index contributed by atoms with van der Waals surface area (Å²) in [5.74, 6) is 1.37. The number of thiophene rings is 1. The first kappa shape index (κ1) is 21.5. The maximum atomic E-state index is 13.8. The molecule has 1 aliphatic rings. The molecule has 0 N–H and O–H groups in total. The first-order chi connectivity index (χ1) is 15.5. The molecule has 5 rings (SSSR count). The quantitative estimate of drug-likeness (QED) is 0.281. The smallest absolute Gasteiger partial charge is 0.267 e. The Bertz CT molecular complexity index is 1350.